The van der Waals surface area contributed by atoms with Crippen LogP contribution in [0.5, 0.6) is 0 Å². The van der Waals surface area contributed by atoms with Gasteiger partial charge in [0.1, 0.15) is 0 Å². The first-order valence-electron chi connectivity index (χ1n) is 8.53. The van der Waals surface area contributed by atoms with Gasteiger partial charge in [-0.15, -0.1) is 0 Å². The lowest BCUT2D eigenvalue weighted by Gasteiger charge is -2.19. The number of aromatic nitrogens is 2. The summed E-state index contributed by atoms with van der Waals surface area (Å²) in [6, 6.07) is 7.08. The first kappa shape index (κ1) is 18.4. The summed E-state index contributed by atoms with van der Waals surface area (Å²) in [6.07, 6.45) is 5.26. The lowest BCUT2D eigenvalue weighted by molar-refractivity contribution is -0.117. The molecule has 0 saturated carbocycles. The van der Waals surface area contributed by atoms with Gasteiger partial charge in [0.25, 0.3) is 5.56 Å². The highest BCUT2D eigenvalue weighted by Gasteiger charge is 2.23. The van der Waals surface area contributed by atoms with E-state index in [4.69, 9.17) is 0 Å². The predicted molar refractivity (Wildman–Crippen MR) is 103 cm³/mol. The second-order valence-electron chi connectivity index (χ2n) is 6.33. The minimum atomic E-state index is -0.481. The molecule has 8 nitrogen and oxygen atoms in total. The van der Waals surface area contributed by atoms with Crippen LogP contribution in [-0.2, 0) is 23.7 Å². The van der Waals surface area contributed by atoms with E-state index in [0.29, 0.717) is 24.3 Å². The molecule has 0 radical (unpaired) electrons. The third kappa shape index (κ3) is 3.74. The Labute approximate surface area is 155 Å². The van der Waals surface area contributed by atoms with Gasteiger partial charge in [0.15, 0.2) is 0 Å². The molecule has 1 aliphatic rings. The molecule has 140 valence electrons. The van der Waals surface area contributed by atoms with Crippen molar-refractivity contribution in [3.63, 3.8) is 0 Å². The average molecular weight is 368 g/mol. The van der Waals surface area contributed by atoms with E-state index in [1.54, 1.807) is 29.2 Å². The molecule has 27 heavy (non-hydrogen) atoms. The van der Waals surface area contributed by atoms with Crippen molar-refractivity contribution in [2.75, 3.05) is 16.8 Å². The Balaban J connectivity index is 1.82. The number of carbonyl (C=O) groups excluding carboxylic acids is 2. The highest BCUT2D eigenvalue weighted by molar-refractivity contribution is 6.06. The van der Waals surface area contributed by atoms with Crippen LogP contribution in [0.3, 0.4) is 0 Å². The monoisotopic (exact) mass is 368 g/mol. The van der Waals surface area contributed by atoms with E-state index >= 15 is 0 Å². The number of carbonyl (C=O) groups is 2. The molecule has 1 aliphatic heterocycles. The number of hydrogen-bond donors (Lipinski definition) is 1. The van der Waals surface area contributed by atoms with Gasteiger partial charge in [0, 0.05) is 39.3 Å². The fourth-order valence-electron chi connectivity index (χ4n) is 3.01. The fraction of sp³-hybridized carbons (Fsp3) is 0.263. The van der Waals surface area contributed by atoms with E-state index in [1.807, 2.05) is 0 Å². The van der Waals surface area contributed by atoms with Gasteiger partial charge in [-0.1, -0.05) is 12.1 Å². The molecule has 2 amide bonds. The lowest BCUT2D eigenvalue weighted by Crippen LogP contribution is -2.37. The third-order valence-corrected chi connectivity index (χ3v) is 4.41. The Bertz CT molecular complexity index is 1050. The van der Waals surface area contributed by atoms with Crippen molar-refractivity contribution in [3.05, 3.63) is 62.9 Å². The van der Waals surface area contributed by atoms with Crippen molar-refractivity contribution >= 4 is 29.3 Å². The summed E-state index contributed by atoms with van der Waals surface area (Å²) in [5, 5.41) is 2.74. The molecule has 8 heteroatoms. The lowest BCUT2D eigenvalue weighted by atomic mass is 10.2. The second kappa shape index (κ2) is 7.45. The summed E-state index contributed by atoms with van der Waals surface area (Å²) in [6.45, 7) is 0.621. The number of nitrogens with zero attached hydrogens (tertiary/aromatic N) is 3. The molecule has 3 rings (SSSR count). The van der Waals surface area contributed by atoms with Crippen molar-refractivity contribution in [1.29, 1.82) is 0 Å². The van der Waals surface area contributed by atoms with Crippen LogP contribution in [0.4, 0.5) is 11.4 Å². The molecule has 0 spiro atoms. The number of rotatable bonds is 4. The van der Waals surface area contributed by atoms with Gasteiger partial charge in [0.05, 0.1) is 16.9 Å². The molecule has 1 fully saturated rings. The van der Waals surface area contributed by atoms with Gasteiger partial charge in [-0.05, 0) is 24.6 Å². The highest BCUT2D eigenvalue weighted by Crippen LogP contribution is 2.29. The number of para-hydroxylation sites is 2. The quantitative estimate of drug-likeness (QED) is 0.810. The maximum atomic E-state index is 12.3. The smallest absolute Gasteiger partial charge is 0.321 e. The van der Waals surface area contributed by atoms with Crippen molar-refractivity contribution in [2.24, 2.45) is 14.1 Å². The Kier molecular flexibility index (Phi) is 5.07. The van der Waals surface area contributed by atoms with E-state index in [1.165, 1.54) is 37.0 Å². The molecular weight excluding hydrogens is 348 g/mol. The van der Waals surface area contributed by atoms with Crippen LogP contribution in [0, 0.1) is 0 Å². The SMILES string of the molecule is Cn1cc(/C=C/C(=O)Nc2ccccc2N2CCCC2=O)c(=O)n(C)c1=O. The molecule has 0 bridgehead atoms. The molecule has 0 atom stereocenters. The summed E-state index contributed by atoms with van der Waals surface area (Å²) in [5.74, 6) is -0.411. The number of hydrogen-bond acceptors (Lipinski definition) is 4. The zero-order valence-corrected chi connectivity index (χ0v) is 15.1. The molecule has 0 aliphatic carbocycles. The maximum absolute atomic E-state index is 12.3. The van der Waals surface area contributed by atoms with Crippen LogP contribution in [0.2, 0.25) is 0 Å². The summed E-state index contributed by atoms with van der Waals surface area (Å²) in [4.78, 5) is 49.7. The normalized spacial score (nSPS) is 14.1. The van der Waals surface area contributed by atoms with Crippen LogP contribution in [0.25, 0.3) is 6.08 Å². The van der Waals surface area contributed by atoms with Crippen molar-refractivity contribution in [2.45, 2.75) is 12.8 Å². The fourth-order valence-corrected chi connectivity index (χ4v) is 3.01. The van der Waals surface area contributed by atoms with Gasteiger partial charge in [-0.3, -0.25) is 19.0 Å². The van der Waals surface area contributed by atoms with Crippen molar-refractivity contribution < 1.29 is 9.59 Å². The van der Waals surface area contributed by atoms with Crippen LogP contribution in [0.1, 0.15) is 18.4 Å². The maximum Gasteiger partial charge on any atom is 0.330 e. The van der Waals surface area contributed by atoms with Crippen LogP contribution in [0.15, 0.2) is 46.1 Å². The minimum Gasteiger partial charge on any atom is -0.321 e. The Morgan fingerprint density at radius 3 is 2.59 bits per heavy atom. The second-order valence-corrected chi connectivity index (χ2v) is 6.33. The number of aryl methyl sites for hydroxylation is 1. The average Bonchev–Trinajstić information content (AvgIpc) is 3.08. The highest BCUT2D eigenvalue weighted by atomic mass is 16.2. The molecule has 0 unspecified atom stereocenters. The number of anilines is 2. The van der Waals surface area contributed by atoms with E-state index in [0.717, 1.165) is 11.0 Å². The van der Waals surface area contributed by atoms with E-state index in [9.17, 15) is 19.2 Å². The Morgan fingerprint density at radius 2 is 1.89 bits per heavy atom. The third-order valence-electron chi connectivity index (χ3n) is 4.41. The van der Waals surface area contributed by atoms with Gasteiger partial charge in [0.2, 0.25) is 11.8 Å². The number of benzene rings is 1. The minimum absolute atomic E-state index is 0.0286. The molecule has 1 aromatic heterocycles. The number of nitrogens with one attached hydrogen (secondary N) is 1. The molecular formula is C19H20N4O4. The zero-order chi connectivity index (χ0) is 19.6. The Morgan fingerprint density at radius 1 is 1.15 bits per heavy atom. The Hall–Kier alpha value is -3.42. The van der Waals surface area contributed by atoms with E-state index < -0.39 is 17.2 Å². The first-order valence-corrected chi connectivity index (χ1v) is 8.53. The number of amides is 2. The van der Waals surface area contributed by atoms with Crippen molar-refractivity contribution in [3.8, 4) is 0 Å². The molecule has 1 aromatic carbocycles. The summed E-state index contributed by atoms with van der Waals surface area (Å²) < 4.78 is 2.25. The van der Waals surface area contributed by atoms with E-state index in [2.05, 4.69) is 5.32 Å². The van der Waals surface area contributed by atoms with Gasteiger partial charge >= 0.3 is 5.69 Å². The van der Waals surface area contributed by atoms with E-state index in [-0.39, 0.29) is 11.5 Å². The van der Waals surface area contributed by atoms with Crippen LogP contribution < -0.4 is 21.5 Å². The van der Waals surface area contributed by atoms with Gasteiger partial charge in [-0.2, -0.15) is 0 Å². The summed E-state index contributed by atoms with van der Waals surface area (Å²) in [7, 11) is 2.91. The van der Waals surface area contributed by atoms with Crippen molar-refractivity contribution in [1.82, 2.24) is 9.13 Å². The summed E-state index contributed by atoms with van der Waals surface area (Å²) in [5.41, 5.74) is 0.476. The first-order chi connectivity index (χ1) is 12.9. The topological polar surface area (TPSA) is 93.4 Å². The van der Waals surface area contributed by atoms with Gasteiger partial charge in [-0.25, -0.2) is 4.79 Å². The largest absolute Gasteiger partial charge is 0.330 e. The summed E-state index contributed by atoms with van der Waals surface area (Å²) >= 11 is 0. The molecule has 2 heterocycles. The van der Waals surface area contributed by atoms with Crippen LogP contribution in [-0.4, -0.2) is 27.5 Å². The van der Waals surface area contributed by atoms with Crippen LogP contribution >= 0.6 is 0 Å². The molecule has 2 aromatic rings. The zero-order valence-electron chi connectivity index (χ0n) is 15.1. The molecule has 1 N–H and O–H groups in total. The standard InChI is InChI=1S/C19H20N4O4/c1-21-12-13(18(26)22(2)19(21)27)9-10-16(24)20-14-6-3-4-7-15(14)23-11-5-8-17(23)25/h3-4,6-7,9-10,12H,5,8,11H2,1-2H3,(H,20,24)/b10-9+. The predicted octanol–water partition coefficient (Wildman–Crippen LogP) is 0.863. The molecule has 1 saturated heterocycles. The van der Waals surface area contributed by atoms with Gasteiger partial charge < -0.3 is 14.8 Å².